The van der Waals surface area contributed by atoms with Crippen LogP contribution in [0.2, 0.25) is 0 Å². The lowest BCUT2D eigenvalue weighted by Crippen LogP contribution is -2.32. The zero-order chi connectivity index (χ0) is 18.4. The van der Waals surface area contributed by atoms with E-state index in [0.29, 0.717) is 35.9 Å². The number of benzene rings is 1. The van der Waals surface area contributed by atoms with Gasteiger partial charge in [0.15, 0.2) is 17.3 Å². The number of hydrogen-bond donors (Lipinski definition) is 1. The van der Waals surface area contributed by atoms with E-state index >= 15 is 0 Å². The van der Waals surface area contributed by atoms with Crippen LogP contribution in [-0.2, 0) is 14.3 Å². The fraction of sp³-hybridized carbons (Fsp3) is 0.471. The highest BCUT2D eigenvalue weighted by Crippen LogP contribution is 2.37. The number of ketones is 1. The number of carbonyl (C=O) groups excluding carboxylic acids is 3. The molecule has 0 spiro atoms. The number of nitrogens with one attached hydrogen (secondary N) is 1. The quantitative estimate of drug-likeness (QED) is 0.560. The minimum absolute atomic E-state index is 0.0746. The first-order chi connectivity index (χ1) is 11.9. The molecular weight excluding hydrogens is 328 g/mol. The zero-order valence-corrected chi connectivity index (χ0v) is 14.6. The molecule has 0 fully saturated rings. The molecule has 0 saturated heterocycles. The van der Waals surface area contributed by atoms with Crippen molar-refractivity contribution < 1.29 is 28.6 Å². The van der Waals surface area contributed by atoms with Gasteiger partial charge in [-0.3, -0.25) is 19.3 Å². The van der Waals surface area contributed by atoms with Crippen LogP contribution in [-0.4, -0.2) is 56.1 Å². The molecule has 8 nitrogen and oxygen atoms in total. The number of fused-ring (bicyclic) bond motifs is 1. The molecule has 1 aromatic carbocycles. The third kappa shape index (κ3) is 5.18. The second kappa shape index (κ2) is 8.48. The lowest BCUT2D eigenvalue weighted by Gasteiger charge is -2.16. The number of hydrogen-bond acceptors (Lipinski definition) is 7. The number of rotatable bonds is 8. The van der Waals surface area contributed by atoms with Gasteiger partial charge < -0.3 is 19.5 Å². The molecule has 0 radical (unpaired) electrons. The highest BCUT2D eigenvalue weighted by atomic mass is 16.7. The molecule has 1 aliphatic rings. The van der Waals surface area contributed by atoms with Gasteiger partial charge in [0, 0.05) is 18.2 Å². The van der Waals surface area contributed by atoms with Crippen LogP contribution >= 0.6 is 0 Å². The number of nitrogens with zero attached hydrogens (tertiary/aromatic N) is 1. The van der Waals surface area contributed by atoms with Crippen LogP contribution in [0.5, 0.6) is 11.5 Å². The number of anilines is 1. The minimum atomic E-state index is -0.301. The molecule has 1 aliphatic heterocycles. The van der Waals surface area contributed by atoms with Crippen molar-refractivity contribution in [3.63, 3.8) is 0 Å². The summed E-state index contributed by atoms with van der Waals surface area (Å²) in [6, 6.07) is 3.14. The van der Waals surface area contributed by atoms with Crippen LogP contribution in [0, 0.1) is 0 Å². The molecule has 0 atom stereocenters. The van der Waals surface area contributed by atoms with E-state index < -0.39 is 0 Å². The zero-order valence-electron chi connectivity index (χ0n) is 14.6. The van der Waals surface area contributed by atoms with Gasteiger partial charge in [-0.1, -0.05) is 0 Å². The minimum Gasteiger partial charge on any atom is -0.466 e. The van der Waals surface area contributed by atoms with Crippen molar-refractivity contribution in [3.05, 3.63) is 17.7 Å². The molecule has 0 aliphatic carbocycles. The molecule has 1 heterocycles. The first-order valence-corrected chi connectivity index (χ1v) is 7.99. The highest BCUT2D eigenvalue weighted by Gasteiger charge is 2.20. The molecule has 1 aromatic rings. The van der Waals surface area contributed by atoms with Crippen molar-refractivity contribution in [2.75, 3.05) is 38.9 Å². The number of esters is 1. The van der Waals surface area contributed by atoms with Crippen molar-refractivity contribution in [1.29, 1.82) is 0 Å². The van der Waals surface area contributed by atoms with Gasteiger partial charge in [0.1, 0.15) is 0 Å². The Bertz CT molecular complexity index is 673. The van der Waals surface area contributed by atoms with Crippen LogP contribution in [0.25, 0.3) is 0 Å². The molecular formula is C17H22N2O6. The van der Waals surface area contributed by atoms with E-state index in [0.717, 1.165) is 0 Å². The Morgan fingerprint density at radius 3 is 2.56 bits per heavy atom. The van der Waals surface area contributed by atoms with E-state index in [1.807, 2.05) is 0 Å². The average molecular weight is 350 g/mol. The van der Waals surface area contributed by atoms with E-state index in [2.05, 4.69) is 5.32 Å². The third-order valence-corrected chi connectivity index (χ3v) is 3.58. The summed E-state index contributed by atoms with van der Waals surface area (Å²) in [5.41, 5.74) is 0.729. The Labute approximate surface area is 146 Å². The lowest BCUT2D eigenvalue weighted by atomic mass is 10.1. The lowest BCUT2D eigenvalue weighted by molar-refractivity contribution is -0.143. The number of likely N-dealkylation sites (N-methyl/N-ethyl adjacent to an activating group) is 1. The maximum atomic E-state index is 12.2. The van der Waals surface area contributed by atoms with Crippen LogP contribution in [0.3, 0.4) is 0 Å². The van der Waals surface area contributed by atoms with Crippen LogP contribution < -0.4 is 14.8 Å². The summed E-state index contributed by atoms with van der Waals surface area (Å²) >= 11 is 0. The summed E-state index contributed by atoms with van der Waals surface area (Å²) in [6.07, 6.45) is 0.209. The Morgan fingerprint density at radius 2 is 1.92 bits per heavy atom. The summed E-state index contributed by atoms with van der Waals surface area (Å²) in [7, 11) is 1.73. The molecule has 0 bridgehead atoms. The van der Waals surface area contributed by atoms with Gasteiger partial charge in [0.25, 0.3) is 0 Å². The van der Waals surface area contributed by atoms with Crippen LogP contribution in [0.1, 0.15) is 30.6 Å². The largest absolute Gasteiger partial charge is 0.466 e. The fourth-order valence-electron chi connectivity index (χ4n) is 2.37. The second-order valence-electron chi connectivity index (χ2n) is 5.65. The van der Waals surface area contributed by atoms with Crippen LogP contribution in [0.4, 0.5) is 5.69 Å². The van der Waals surface area contributed by atoms with Crippen molar-refractivity contribution in [2.45, 2.75) is 20.3 Å². The second-order valence-corrected chi connectivity index (χ2v) is 5.65. The van der Waals surface area contributed by atoms with E-state index in [-0.39, 0.29) is 37.4 Å². The first-order valence-electron chi connectivity index (χ1n) is 7.99. The predicted molar refractivity (Wildman–Crippen MR) is 89.9 cm³/mol. The monoisotopic (exact) mass is 350 g/mol. The number of ether oxygens (including phenoxy) is 3. The van der Waals surface area contributed by atoms with Crippen molar-refractivity contribution in [3.8, 4) is 11.5 Å². The maximum Gasteiger partial charge on any atom is 0.307 e. The van der Waals surface area contributed by atoms with Gasteiger partial charge in [-0.05, 0) is 27.0 Å². The van der Waals surface area contributed by atoms with Gasteiger partial charge in [-0.2, -0.15) is 0 Å². The summed E-state index contributed by atoms with van der Waals surface area (Å²) < 4.78 is 15.4. The Kier molecular flexibility index (Phi) is 6.35. The van der Waals surface area contributed by atoms with Gasteiger partial charge in [-0.25, -0.2) is 0 Å². The van der Waals surface area contributed by atoms with Crippen molar-refractivity contribution >= 4 is 23.3 Å². The molecule has 0 aromatic heterocycles. The van der Waals surface area contributed by atoms with E-state index in [9.17, 15) is 14.4 Å². The normalized spacial score (nSPS) is 12.2. The van der Waals surface area contributed by atoms with Gasteiger partial charge >= 0.3 is 5.97 Å². The van der Waals surface area contributed by atoms with Gasteiger partial charge in [0.05, 0.1) is 25.3 Å². The molecule has 1 amide bonds. The fourth-order valence-corrected chi connectivity index (χ4v) is 2.37. The van der Waals surface area contributed by atoms with Crippen molar-refractivity contribution in [2.24, 2.45) is 0 Å². The maximum absolute atomic E-state index is 12.2. The van der Waals surface area contributed by atoms with Crippen molar-refractivity contribution in [1.82, 2.24) is 4.90 Å². The molecule has 2 rings (SSSR count). The molecule has 1 N–H and O–H groups in total. The topological polar surface area (TPSA) is 94.2 Å². The summed E-state index contributed by atoms with van der Waals surface area (Å²) in [4.78, 5) is 37.1. The van der Waals surface area contributed by atoms with Gasteiger partial charge in [0.2, 0.25) is 12.7 Å². The molecule has 136 valence electrons. The third-order valence-electron chi connectivity index (χ3n) is 3.58. The van der Waals surface area contributed by atoms with Crippen LogP contribution in [0.15, 0.2) is 12.1 Å². The first kappa shape index (κ1) is 18.7. The number of amides is 1. The number of carbonyl (C=O) groups is 3. The predicted octanol–water partition coefficient (Wildman–Crippen LogP) is 1.44. The smallest absolute Gasteiger partial charge is 0.307 e. The van der Waals surface area contributed by atoms with E-state index in [1.54, 1.807) is 31.0 Å². The Morgan fingerprint density at radius 1 is 1.24 bits per heavy atom. The summed E-state index contributed by atoms with van der Waals surface area (Å²) in [5.74, 6) is 0.173. The molecule has 8 heteroatoms. The van der Waals surface area contributed by atoms with E-state index in [1.165, 1.54) is 6.92 Å². The number of Topliss-reactive ketones (excluding diaryl/α,β-unsaturated/α-hetero) is 1. The molecule has 25 heavy (non-hydrogen) atoms. The Balaban J connectivity index is 1.96. The summed E-state index contributed by atoms with van der Waals surface area (Å²) in [5, 5.41) is 2.71. The summed E-state index contributed by atoms with van der Waals surface area (Å²) in [6.45, 7) is 4.05. The Hall–Kier alpha value is -2.61. The molecule has 0 unspecified atom stereocenters. The SMILES string of the molecule is CCOC(=O)CCN(C)CC(=O)Nc1cc2c(cc1C(C)=O)OCO2. The molecule has 0 saturated carbocycles. The highest BCUT2D eigenvalue weighted by molar-refractivity contribution is 6.05. The van der Waals surface area contributed by atoms with E-state index in [4.69, 9.17) is 14.2 Å². The van der Waals surface area contributed by atoms with Gasteiger partial charge in [-0.15, -0.1) is 0 Å². The standard InChI is InChI=1S/C17H22N2O6/c1-4-23-17(22)5-6-19(3)9-16(21)18-13-8-15-14(24-10-25-15)7-12(13)11(2)20/h7-8H,4-6,9-10H2,1-3H3,(H,18,21). The average Bonchev–Trinajstić information content (AvgIpc) is 2.99.